The molecular weight excluding hydrogens is 338 g/mol. The summed E-state index contributed by atoms with van der Waals surface area (Å²) >= 11 is 0. The minimum absolute atomic E-state index is 0.00558. The first-order valence-electron chi connectivity index (χ1n) is 7.28. The summed E-state index contributed by atoms with van der Waals surface area (Å²) in [6, 6.07) is 2.90. The molecule has 1 aliphatic rings. The smallest absolute Gasteiger partial charge is 0.306 e. The lowest BCUT2D eigenvalue weighted by molar-refractivity contribution is -0.147. The Balaban J connectivity index is 1.99. The number of hydrogen-bond acceptors (Lipinski definition) is 6. The van der Waals surface area contributed by atoms with E-state index in [0.717, 1.165) is 4.31 Å². The molecule has 0 aliphatic carbocycles. The minimum Gasteiger partial charge on any atom is -0.481 e. The predicted octanol–water partition coefficient (Wildman–Crippen LogP) is -0.596. The van der Waals surface area contributed by atoms with Crippen molar-refractivity contribution in [1.82, 2.24) is 14.2 Å². The number of rotatable bonds is 6. The Hall–Kier alpha value is -2.04. The number of sulfonamides is 1. The number of carbonyl (C=O) groups is 2. The number of aliphatic carboxylic acids is 1. The van der Waals surface area contributed by atoms with Crippen LogP contribution in [0.4, 0.5) is 0 Å². The molecule has 1 aromatic heterocycles. The lowest BCUT2D eigenvalue weighted by Gasteiger charge is -2.33. The Kier molecular flexibility index (Phi) is 5.86. The van der Waals surface area contributed by atoms with Crippen LogP contribution in [0.1, 0.15) is 6.42 Å². The fourth-order valence-electron chi connectivity index (χ4n) is 2.32. The molecule has 9 nitrogen and oxygen atoms in total. The lowest BCUT2D eigenvalue weighted by atomic mass is 10.2. The fraction of sp³-hybridized carbons (Fsp3) is 0.500. The Bertz CT molecular complexity index is 694. The number of carboxylic acids is 1. The maximum atomic E-state index is 12.4. The van der Waals surface area contributed by atoms with Gasteiger partial charge in [-0.15, -0.1) is 0 Å². The molecule has 132 valence electrons. The van der Waals surface area contributed by atoms with Crippen LogP contribution < -0.4 is 0 Å². The summed E-state index contributed by atoms with van der Waals surface area (Å²) < 4.78 is 31.0. The molecule has 1 amide bonds. The van der Waals surface area contributed by atoms with Crippen LogP contribution in [0.3, 0.4) is 0 Å². The third-order valence-electron chi connectivity index (χ3n) is 3.59. The van der Waals surface area contributed by atoms with E-state index in [0.29, 0.717) is 6.54 Å². The first kappa shape index (κ1) is 18.3. The van der Waals surface area contributed by atoms with Crippen LogP contribution in [-0.2, 0) is 24.3 Å². The van der Waals surface area contributed by atoms with Gasteiger partial charge in [-0.2, -0.15) is 4.31 Å². The van der Waals surface area contributed by atoms with E-state index in [1.807, 2.05) is 0 Å². The number of nitrogens with zero attached hydrogens (tertiary/aromatic N) is 3. The van der Waals surface area contributed by atoms with Gasteiger partial charge in [0.2, 0.25) is 15.9 Å². The highest BCUT2D eigenvalue weighted by atomic mass is 32.2. The van der Waals surface area contributed by atoms with E-state index >= 15 is 0 Å². The SMILES string of the molecule is CN(CC(=O)N1CCOC(CC(=O)O)C1)S(=O)(=O)c1cccnc1. The zero-order valence-corrected chi connectivity index (χ0v) is 14.0. The zero-order valence-electron chi connectivity index (χ0n) is 13.2. The van der Waals surface area contributed by atoms with Crippen molar-refractivity contribution < 1.29 is 27.9 Å². The van der Waals surface area contributed by atoms with Crippen LogP contribution in [0.25, 0.3) is 0 Å². The maximum absolute atomic E-state index is 12.4. The van der Waals surface area contributed by atoms with Crippen LogP contribution in [0.15, 0.2) is 29.4 Å². The van der Waals surface area contributed by atoms with Gasteiger partial charge in [0.1, 0.15) is 4.90 Å². The third kappa shape index (κ3) is 4.49. The van der Waals surface area contributed by atoms with E-state index in [1.165, 1.54) is 36.5 Å². The van der Waals surface area contributed by atoms with Crippen molar-refractivity contribution in [3.63, 3.8) is 0 Å². The quantitative estimate of drug-likeness (QED) is 0.723. The number of pyridine rings is 1. The Morgan fingerprint density at radius 1 is 1.50 bits per heavy atom. The number of aromatic nitrogens is 1. The number of carboxylic acid groups (broad SMARTS) is 1. The zero-order chi connectivity index (χ0) is 17.7. The summed E-state index contributed by atoms with van der Waals surface area (Å²) in [4.78, 5) is 28.2. The molecule has 2 heterocycles. The first-order valence-corrected chi connectivity index (χ1v) is 8.72. The van der Waals surface area contributed by atoms with Gasteiger partial charge in [0.05, 0.1) is 25.7 Å². The van der Waals surface area contributed by atoms with Crippen molar-refractivity contribution in [3.05, 3.63) is 24.5 Å². The third-order valence-corrected chi connectivity index (χ3v) is 5.38. The molecule has 0 radical (unpaired) electrons. The molecule has 2 rings (SSSR count). The lowest BCUT2D eigenvalue weighted by Crippen LogP contribution is -2.49. The van der Waals surface area contributed by atoms with Crippen LogP contribution >= 0.6 is 0 Å². The van der Waals surface area contributed by atoms with Crippen LogP contribution in [0.2, 0.25) is 0 Å². The summed E-state index contributed by atoms with van der Waals surface area (Å²) in [6.45, 7) is 0.321. The normalized spacial score (nSPS) is 18.6. The number of morpholine rings is 1. The number of likely N-dealkylation sites (N-methyl/N-ethyl adjacent to an activating group) is 1. The van der Waals surface area contributed by atoms with Gasteiger partial charge < -0.3 is 14.7 Å². The summed E-state index contributed by atoms with van der Waals surface area (Å²) in [7, 11) is -2.49. The van der Waals surface area contributed by atoms with Crippen molar-refractivity contribution in [2.24, 2.45) is 0 Å². The van der Waals surface area contributed by atoms with Gasteiger partial charge in [-0.05, 0) is 12.1 Å². The second kappa shape index (κ2) is 7.69. The fourth-order valence-corrected chi connectivity index (χ4v) is 3.40. The first-order chi connectivity index (χ1) is 11.3. The molecule has 1 fully saturated rings. The molecule has 1 saturated heterocycles. The average molecular weight is 357 g/mol. The summed E-state index contributed by atoms with van der Waals surface area (Å²) in [5, 5.41) is 8.79. The van der Waals surface area contributed by atoms with Gasteiger partial charge in [-0.3, -0.25) is 14.6 Å². The standard InChI is InChI=1S/C14H19N3O6S/c1-16(24(21,22)12-3-2-4-15-8-12)10-13(18)17-5-6-23-11(9-17)7-14(19)20/h2-4,8,11H,5-7,9-10H2,1H3,(H,19,20). The van der Waals surface area contributed by atoms with Crippen molar-refractivity contribution in [2.75, 3.05) is 33.3 Å². The van der Waals surface area contributed by atoms with Crippen LogP contribution in [0.5, 0.6) is 0 Å². The highest BCUT2D eigenvalue weighted by Crippen LogP contribution is 2.14. The van der Waals surface area contributed by atoms with Crippen molar-refractivity contribution in [3.8, 4) is 0 Å². The monoisotopic (exact) mass is 357 g/mol. The summed E-state index contributed by atoms with van der Waals surface area (Å²) in [6.07, 6.45) is 1.89. The molecule has 10 heteroatoms. The summed E-state index contributed by atoms with van der Waals surface area (Å²) in [5.41, 5.74) is 0. The van der Waals surface area contributed by atoms with Gasteiger partial charge in [0.15, 0.2) is 0 Å². The molecule has 0 aromatic carbocycles. The molecule has 1 aliphatic heterocycles. The average Bonchev–Trinajstić information content (AvgIpc) is 2.55. The Morgan fingerprint density at radius 2 is 2.25 bits per heavy atom. The van der Waals surface area contributed by atoms with Gasteiger partial charge in [0.25, 0.3) is 0 Å². The number of carbonyl (C=O) groups excluding carboxylic acids is 1. The van der Waals surface area contributed by atoms with Gasteiger partial charge in [0, 0.05) is 32.5 Å². The highest BCUT2D eigenvalue weighted by molar-refractivity contribution is 7.89. The van der Waals surface area contributed by atoms with Crippen molar-refractivity contribution in [1.29, 1.82) is 0 Å². The van der Waals surface area contributed by atoms with E-state index in [-0.39, 0.29) is 31.0 Å². The Morgan fingerprint density at radius 3 is 2.88 bits per heavy atom. The second-order valence-corrected chi connectivity index (χ2v) is 7.43. The van der Waals surface area contributed by atoms with Gasteiger partial charge in [-0.1, -0.05) is 0 Å². The van der Waals surface area contributed by atoms with Gasteiger partial charge in [-0.25, -0.2) is 8.42 Å². The van der Waals surface area contributed by atoms with Crippen molar-refractivity contribution >= 4 is 21.9 Å². The maximum Gasteiger partial charge on any atom is 0.306 e. The van der Waals surface area contributed by atoms with Crippen LogP contribution in [-0.4, -0.2) is 79.0 Å². The van der Waals surface area contributed by atoms with Crippen molar-refractivity contribution in [2.45, 2.75) is 17.4 Å². The minimum atomic E-state index is -3.81. The molecule has 1 N–H and O–H groups in total. The molecule has 0 saturated carbocycles. The predicted molar refractivity (Wildman–Crippen MR) is 82.6 cm³/mol. The second-order valence-electron chi connectivity index (χ2n) is 5.38. The molecule has 1 unspecified atom stereocenters. The molecule has 0 bridgehead atoms. The largest absolute Gasteiger partial charge is 0.481 e. The molecule has 0 spiro atoms. The number of amides is 1. The van der Waals surface area contributed by atoms with E-state index in [2.05, 4.69) is 4.98 Å². The highest BCUT2D eigenvalue weighted by Gasteiger charge is 2.29. The number of ether oxygens (including phenoxy) is 1. The number of hydrogen-bond donors (Lipinski definition) is 1. The van der Waals surface area contributed by atoms with E-state index < -0.39 is 28.0 Å². The summed E-state index contributed by atoms with van der Waals surface area (Å²) in [5.74, 6) is -1.41. The topological polar surface area (TPSA) is 117 Å². The molecule has 1 atom stereocenters. The molecule has 1 aromatic rings. The van der Waals surface area contributed by atoms with E-state index in [9.17, 15) is 18.0 Å². The Labute approximate surface area is 139 Å². The molecule has 24 heavy (non-hydrogen) atoms. The van der Waals surface area contributed by atoms with Gasteiger partial charge >= 0.3 is 5.97 Å². The van der Waals surface area contributed by atoms with E-state index in [4.69, 9.17) is 9.84 Å². The molecular formula is C14H19N3O6S. The van der Waals surface area contributed by atoms with E-state index in [1.54, 1.807) is 0 Å². The van der Waals surface area contributed by atoms with Crippen LogP contribution in [0, 0.1) is 0 Å².